The van der Waals surface area contributed by atoms with Gasteiger partial charge in [-0.1, -0.05) is 6.42 Å². The normalized spacial score (nSPS) is 20.4. The number of likely N-dealkylation sites (N-methyl/N-ethyl adjacent to an activating group) is 1. The number of anilines is 1. The van der Waals surface area contributed by atoms with Crippen LogP contribution in [-0.2, 0) is 0 Å². The van der Waals surface area contributed by atoms with Crippen LogP contribution in [0.2, 0.25) is 0 Å². The maximum Gasteiger partial charge on any atom is 0.127 e. The Kier molecular flexibility index (Phi) is 4.16. The smallest absolute Gasteiger partial charge is 0.127 e. The zero-order chi connectivity index (χ0) is 13.0. The predicted octanol–water partition coefficient (Wildman–Crippen LogP) is 2.16. The van der Waals surface area contributed by atoms with Gasteiger partial charge in [-0.15, -0.1) is 0 Å². The molecule has 1 fully saturated rings. The van der Waals surface area contributed by atoms with E-state index in [4.69, 9.17) is 5.26 Å². The van der Waals surface area contributed by atoms with Crippen LogP contribution in [0.5, 0.6) is 0 Å². The topological polar surface area (TPSA) is 52.0 Å². The largest absolute Gasteiger partial charge is 0.368 e. The Hall–Kier alpha value is -1.60. The van der Waals surface area contributed by atoms with Crippen LogP contribution in [0.25, 0.3) is 0 Å². The molecule has 1 aliphatic rings. The van der Waals surface area contributed by atoms with Crippen molar-refractivity contribution in [3.8, 4) is 6.07 Å². The fourth-order valence-corrected chi connectivity index (χ4v) is 2.45. The lowest BCUT2D eigenvalue weighted by atomic mass is 10.0. The molecule has 1 unspecified atom stereocenters. The van der Waals surface area contributed by atoms with Crippen LogP contribution >= 0.6 is 0 Å². The summed E-state index contributed by atoms with van der Waals surface area (Å²) in [6, 6.07) is 6.36. The molecule has 1 atom stereocenters. The fraction of sp³-hybridized carbons (Fsp3) is 0.571. The standard InChI is InChI=1S/C14H20N4/c1-11-7-12(9-15)8-14(17-11)16-10-13-5-3-4-6-18(13)2/h7-8,13H,3-6,10H2,1-2H3,(H,16,17). The third-order valence-corrected chi connectivity index (χ3v) is 3.52. The Bertz CT molecular complexity index is 450. The minimum atomic E-state index is 0.576. The molecule has 0 spiro atoms. The van der Waals surface area contributed by atoms with Gasteiger partial charge < -0.3 is 10.2 Å². The van der Waals surface area contributed by atoms with Gasteiger partial charge in [0.25, 0.3) is 0 Å². The molecule has 0 aromatic carbocycles. The molecule has 1 aromatic heterocycles. The second kappa shape index (κ2) is 5.83. The highest BCUT2D eigenvalue weighted by atomic mass is 15.2. The quantitative estimate of drug-likeness (QED) is 0.885. The predicted molar refractivity (Wildman–Crippen MR) is 72.4 cm³/mol. The van der Waals surface area contributed by atoms with E-state index in [-0.39, 0.29) is 0 Å². The molecule has 2 rings (SSSR count). The van der Waals surface area contributed by atoms with Gasteiger partial charge >= 0.3 is 0 Å². The number of hydrogen-bond donors (Lipinski definition) is 1. The lowest BCUT2D eigenvalue weighted by Crippen LogP contribution is -2.40. The van der Waals surface area contributed by atoms with Crippen LogP contribution in [0, 0.1) is 18.3 Å². The first-order valence-corrected chi connectivity index (χ1v) is 6.52. The van der Waals surface area contributed by atoms with E-state index in [2.05, 4.69) is 28.3 Å². The third-order valence-electron chi connectivity index (χ3n) is 3.52. The molecular formula is C14H20N4. The van der Waals surface area contributed by atoms with Crippen molar-refractivity contribution in [3.63, 3.8) is 0 Å². The summed E-state index contributed by atoms with van der Waals surface area (Å²) in [4.78, 5) is 6.81. The number of hydrogen-bond acceptors (Lipinski definition) is 4. The highest BCUT2D eigenvalue weighted by molar-refractivity contribution is 5.44. The monoisotopic (exact) mass is 244 g/mol. The molecule has 96 valence electrons. The van der Waals surface area contributed by atoms with Gasteiger partial charge in [-0.3, -0.25) is 0 Å². The third kappa shape index (κ3) is 3.21. The van der Waals surface area contributed by atoms with Gasteiger partial charge in [-0.2, -0.15) is 5.26 Å². The summed E-state index contributed by atoms with van der Waals surface area (Å²) in [6.45, 7) is 3.99. The van der Waals surface area contributed by atoms with Gasteiger partial charge in [0.15, 0.2) is 0 Å². The average Bonchev–Trinajstić information content (AvgIpc) is 2.37. The highest BCUT2D eigenvalue weighted by Crippen LogP contribution is 2.16. The van der Waals surface area contributed by atoms with Crippen LogP contribution in [-0.4, -0.2) is 36.1 Å². The summed E-state index contributed by atoms with van der Waals surface area (Å²) in [5.74, 6) is 0.811. The van der Waals surface area contributed by atoms with Crippen LogP contribution in [0.3, 0.4) is 0 Å². The summed E-state index contributed by atoms with van der Waals surface area (Å²) in [6.07, 6.45) is 3.84. The average molecular weight is 244 g/mol. The van der Waals surface area contributed by atoms with Gasteiger partial charge in [0.2, 0.25) is 0 Å². The first-order chi connectivity index (χ1) is 8.69. The Morgan fingerprint density at radius 3 is 3.06 bits per heavy atom. The number of nitriles is 1. The first kappa shape index (κ1) is 12.8. The van der Waals surface area contributed by atoms with Crippen molar-refractivity contribution in [1.29, 1.82) is 5.26 Å². The van der Waals surface area contributed by atoms with Crippen LogP contribution in [0.1, 0.15) is 30.5 Å². The van der Waals surface area contributed by atoms with Crippen molar-refractivity contribution in [3.05, 3.63) is 23.4 Å². The number of aryl methyl sites for hydroxylation is 1. The Morgan fingerprint density at radius 1 is 1.50 bits per heavy atom. The molecule has 0 radical (unpaired) electrons. The number of likely N-dealkylation sites (tertiary alicyclic amines) is 1. The first-order valence-electron chi connectivity index (χ1n) is 6.52. The van der Waals surface area contributed by atoms with E-state index in [1.165, 1.54) is 25.8 Å². The highest BCUT2D eigenvalue weighted by Gasteiger charge is 2.18. The summed E-state index contributed by atoms with van der Waals surface area (Å²) < 4.78 is 0. The number of pyridine rings is 1. The number of nitrogens with zero attached hydrogens (tertiary/aromatic N) is 3. The molecule has 4 nitrogen and oxygen atoms in total. The molecule has 0 bridgehead atoms. The SMILES string of the molecule is Cc1cc(C#N)cc(NCC2CCCCN2C)n1. The molecule has 0 amide bonds. The minimum absolute atomic E-state index is 0.576. The van der Waals surface area contributed by atoms with Gasteiger partial charge in [0.1, 0.15) is 5.82 Å². The lowest BCUT2D eigenvalue weighted by molar-refractivity contribution is 0.194. The van der Waals surface area contributed by atoms with E-state index in [1.807, 2.05) is 13.0 Å². The molecule has 0 saturated carbocycles. The minimum Gasteiger partial charge on any atom is -0.368 e. The summed E-state index contributed by atoms with van der Waals surface area (Å²) in [5, 5.41) is 12.3. The van der Waals surface area contributed by atoms with Crippen molar-refractivity contribution in [2.75, 3.05) is 25.5 Å². The molecule has 18 heavy (non-hydrogen) atoms. The number of rotatable bonds is 3. The molecule has 1 aliphatic heterocycles. The van der Waals surface area contributed by atoms with Crippen molar-refractivity contribution in [2.24, 2.45) is 0 Å². The van der Waals surface area contributed by atoms with Crippen LogP contribution in [0.15, 0.2) is 12.1 Å². The van der Waals surface area contributed by atoms with Crippen LogP contribution in [0.4, 0.5) is 5.82 Å². The molecule has 1 saturated heterocycles. The Morgan fingerprint density at radius 2 is 2.33 bits per heavy atom. The van der Waals surface area contributed by atoms with Crippen LogP contribution < -0.4 is 5.32 Å². The van der Waals surface area contributed by atoms with E-state index in [0.29, 0.717) is 11.6 Å². The number of nitrogens with one attached hydrogen (secondary N) is 1. The van der Waals surface area contributed by atoms with Crippen molar-refractivity contribution in [2.45, 2.75) is 32.2 Å². The molecule has 1 aromatic rings. The van der Waals surface area contributed by atoms with Crippen molar-refractivity contribution in [1.82, 2.24) is 9.88 Å². The van der Waals surface area contributed by atoms with Gasteiger partial charge in [-0.25, -0.2) is 4.98 Å². The summed E-state index contributed by atoms with van der Waals surface area (Å²) >= 11 is 0. The van der Waals surface area contributed by atoms with Crippen molar-refractivity contribution >= 4 is 5.82 Å². The van der Waals surface area contributed by atoms with E-state index >= 15 is 0 Å². The fourth-order valence-electron chi connectivity index (χ4n) is 2.45. The molecule has 0 aliphatic carbocycles. The zero-order valence-electron chi connectivity index (χ0n) is 11.1. The lowest BCUT2D eigenvalue weighted by Gasteiger charge is -2.32. The van der Waals surface area contributed by atoms with Gasteiger partial charge in [-0.05, 0) is 45.5 Å². The molecule has 1 N–H and O–H groups in total. The Balaban J connectivity index is 1.97. The maximum atomic E-state index is 8.93. The van der Waals surface area contributed by atoms with E-state index in [0.717, 1.165) is 18.1 Å². The number of piperidine rings is 1. The van der Waals surface area contributed by atoms with Crippen molar-refractivity contribution < 1.29 is 0 Å². The zero-order valence-corrected chi connectivity index (χ0v) is 11.1. The second-order valence-corrected chi connectivity index (χ2v) is 5.01. The molecular weight excluding hydrogens is 224 g/mol. The summed E-state index contributed by atoms with van der Waals surface area (Å²) in [5.41, 5.74) is 1.55. The maximum absolute atomic E-state index is 8.93. The van der Waals surface area contributed by atoms with Gasteiger partial charge in [0, 0.05) is 18.3 Å². The van der Waals surface area contributed by atoms with E-state index in [9.17, 15) is 0 Å². The second-order valence-electron chi connectivity index (χ2n) is 5.01. The number of aromatic nitrogens is 1. The molecule has 4 heteroatoms. The Labute approximate surface area is 109 Å². The van der Waals surface area contributed by atoms with E-state index in [1.54, 1.807) is 6.07 Å². The summed E-state index contributed by atoms with van der Waals surface area (Å²) in [7, 11) is 2.18. The van der Waals surface area contributed by atoms with E-state index < -0.39 is 0 Å². The van der Waals surface area contributed by atoms with Gasteiger partial charge in [0.05, 0.1) is 11.6 Å². The molecule has 2 heterocycles.